The Morgan fingerprint density at radius 3 is 2.44 bits per heavy atom. The van der Waals surface area contributed by atoms with Crippen LogP contribution in [0.1, 0.15) is 43.7 Å². The van der Waals surface area contributed by atoms with Crippen molar-refractivity contribution < 1.29 is 5.11 Å². The molecule has 1 aromatic carbocycles. The van der Waals surface area contributed by atoms with Gasteiger partial charge in [0.1, 0.15) is 0 Å². The number of benzene rings is 1. The van der Waals surface area contributed by atoms with Crippen molar-refractivity contribution in [3.8, 4) is 0 Å². The maximum absolute atomic E-state index is 10.0. The molecule has 1 aromatic rings. The molecule has 0 bridgehead atoms. The number of nitrogens with zero attached hydrogens (tertiary/aromatic N) is 1. The van der Waals surface area contributed by atoms with Crippen LogP contribution in [0, 0.1) is 0 Å². The van der Waals surface area contributed by atoms with Gasteiger partial charge in [-0.05, 0) is 63.9 Å². The van der Waals surface area contributed by atoms with E-state index in [1.165, 1.54) is 37.1 Å². The first-order valence-corrected chi connectivity index (χ1v) is 6.94. The van der Waals surface area contributed by atoms with Gasteiger partial charge in [-0.1, -0.05) is 24.3 Å². The van der Waals surface area contributed by atoms with Crippen molar-refractivity contribution in [2.45, 2.75) is 44.6 Å². The monoisotopic (exact) mass is 247 g/mol. The van der Waals surface area contributed by atoms with Crippen LogP contribution in [0.5, 0.6) is 0 Å². The minimum Gasteiger partial charge on any atom is -0.390 e. The SMILES string of the molecule is CN1CCC(c2ccccc2CC(C)(C)O)CC1. The number of aliphatic hydroxyl groups is 1. The molecule has 1 aliphatic rings. The van der Waals surface area contributed by atoms with Gasteiger partial charge < -0.3 is 10.0 Å². The molecular formula is C16H25NO. The fourth-order valence-electron chi connectivity index (χ4n) is 2.88. The average molecular weight is 247 g/mol. The molecule has 2 heteroatoms. The third-order valence-corrected chi connectivity index (χ3v) is 3.84. The second kappa shape index (κ2) is 5.41. The first-order chi connectivity index (χ1) is 8.46. The van der Waals surface area contributed by atoms with Crippen LogP contribution in [0.2, 0.25) is 0 Å². The highest BCUT2D eigenvalue weighted by Crippen LogP contribution is 2.31. The molecule has 2 rings (SSSR count). The van der Waals surface area contributed by atoms with E-state index in [2.05, 4.69) is 36.2 Å². The van der Waals surface area contributed by atoms with Crippen LogP contribution in [0.4, 0.5) is 0 Å². The molecule has 100 valence electrons. The molecule has 1 fully saturated rings. The van der Waals surface area contributed by atoms with Gasteiger partial charge in [-0.25, -0.2) is 0 Å². The van der Waals surface area contributed by atoms with Crippen LogP contribution in [0.15, 0.2) is 24.3 Å². The molecule has 0 unspecified atom stereocenters. The van der Waals surface area contributed by atoms with Crippen molar-refractivity contribution in [2.75, 3.05) is 20.1 Å². The molecule has 0 amide bonds. The van der Waals surface area contributed by atoms with Crippen molar-refractivity contribution in [1.29, 1.82) is 0 Å². The van der Waals surface area contributed by atoms with Crippen LogP contribution >= 0.6 is 0 Å². The lowest BCUT2D eigenvalue weighted by Crippen LogP contribution is -2.30. The number of piperidine rings is 1. The summed E-state index contributed by atoms with van der Waals surface area (Å²) in [5, 5.41) is 10.0. The minimum atomic E-state index is -0.623. The molecule has 0 radical (unpaired) electrons. The maximum atomic E-state index is 10.0. The number of likely N-dealkylation sites (tertiary alicyclic amines) is 1. The Hall–Kier alpha value is -0.860. The summed E-state index contributed by atoms with van der Waals surface area (Å²) < 4.78 is 0. The third-order valence-electron chi connectivity index (χ3n) is 3.84. The zero-order chi connectivity index (χ0) is 13.2. The molecule has 0 aromatic heterocycles. The molecule has 1 aliphatic heterocycles. The lowest BCUT2D eigenvalue weighted by molar-refractivity contribution is 0.0805. The Labute approximate surface area is 111 Å². The highest BCUT2D eigenvalue weighted by molar-refractivity contribution is 5.32. The van der Waals surface area contributed by atoms with Crippen LogP contribution in [-0.4, -0.2) is 35.7 Å². The van der Waals surface area contributed by atoms with Crippen molar-refractivity contribution in [1.82, 2.24) is 4.90 Å². The molecule has 0 saturated carbocycles. The van der Waals surface area contributed by atoms with Gasteiger partial charge in [0.2, 0.25) is 0 Å². The fraction of sp³-hybridized carbons (Fsp3) is 0.625. The zero-order valence-corrected chi connectivity index (χ0v) is 11.8. The van der Waals surface area contributed by atoms with Gasteiger partial charge in [-0.3, -0.25) is 0 Å². The summed E-state index contributed by atoms with van der Waals surface area (Å²) in [4.78, 5) is 2.40. The van der Waals surface area contributed by atoms with E-state index in [4.69, 9.17) is 0 Å². The summed E-state index contributed by atoms with van der Waals surface area (Å²) >= 11 is 0. The van der Waals surface area contributed by atoms with E-state index in [0.717, 1.165) is 6.42 Å². The molecule has 0 aliphatic carbocycles. The Bertz CT molecular complexity index is 386. The lowest BCUT2D eigenvalue weighted by atomic mass is 9.84. The van der Waals surface area contributed by atoms with Crippen LogP contribution in [0.3, 0.4) is 0 Å². The van der Waals surface area contributed by atoms with Crippen molar-refractivity contribution in [3.05, 3.63) is 35.4 Å². The van der Waals surface area contributed by atoms with E-state index in [0.29, 0.717) is 5.92 Å². The summed E-state index contributed by atoms with van der Waals surface area (Å²) in [7, 11) is 2.19. The number of hydrogen-bond acceptors (Lipinski definition) is 2. The maximum Gasteiger partial charge on any atom is 0.0632 e. The largest absolute Gasteiger partial charge is 0.390 e. The van der Waals surface area contributed by atoms with Gasteiger partial charge in [0.05, 0.1) is 5.60 Å². The fourth-order valence-corrected chi connectivity index (χ4v) is 2.88. The van der Waals surface area contributed by atoms with E-state index in [-0.39, 0.29) is 0 Å². The van der Waals surface area contributed by atoms with Gasteiger partial charge in [-0.2, -0.15) is 0 Å². The minimum absolute atomic E-state index is 0.623. The first-order valence-electron chi connectivity index (χ1n) is 6.94. The number of hydrogen-bond donors (Lipinski definition) is 1. The predicted octanol–water partition coefficient (Wildman–Crippen LogP) is 2.81. The molecule has 18 heavy (non-hydrogen) atoms. The summed E-state index contributed by atoms with van der Waals surface area (Å²) in [5.41, 5.74) is 2.15. The normalized spacial score (nSPS) is 19.1. The molecule has 1 N–H and O–H groups in total. The summed E-state index contributed by atoms with van der Waals surface area (Å²) in [5.74, 6) is 0.666. The Morgan fingerprint density at radius 1 is 1.22 bits per heavy atom. The lowest BCUT2D eigenvalue weighted by Gasteiger charge is -2.31. The summed E-state index contributed by atoms with van der Waals surface area (Å²) in [6.45, 7) is 6.14. The molecule has 1 heterocycles. The quantitative estimate of drug-likeness (QED) is 0.888. The Balaban J connectivity index is 2.17. The molecule has 0 spiro atoms. The average Bonchev–Trinajstić information content (AvgIpc) is 2.29. The topological polar surface area (TPSA) is 23.5 Å². The van der Waals surface area contributed by atoms with E-state index >= 15 is 0 Å². The van der Waals surface area contributed by atoms with E-state index in [1.54, 1.807) is 0 Å². The highest BCUT2D eigenvalue weighted by Gasteiger charge is 2.22. The van der Waals surface area contributed by atoms with Crippen molar-refractivity contribution in [3.63, 3.8) is 0 Å². The van der Waals surface area contributed by atoms with E-state index in [1.807, 2.05) is 13.8 Å². The van der Waals surface area contributed by atoms with Crippen LogP contribution in [0.25, 0.3) is 0 Å². The third kappa shape index (κ3) is 3.56. The van der Waals surface area contributed by atoms with Crippen molar-refractivity contribution >= 4 is 0 Å². The molecule has 1 saturated heterocycles. The highest BCUT2D eigenvalue weighted by atomic mass is 16.3. The first kappa shape index (κ1) is 13.6. The standard InChI is InChI=1S/C16H25NO/c1-16(2,18)12-14-6-4-5-7-15(14)13-8-10-17(3)11-9-13/h4-7,13,18H,8-12H2,1-3H3. The van der Waals surface area contributed by atoms with Gasteiger partial charge in [0.25, 0.3) is 0 Å². The predicted molar refractivity (Wildman–Crippen MR) is 75.9 cm³/mol. The van der Waals surface area contributed by atoms with E-state index in [9.17, 15) is 5.11 Å². The molecular weight excluding hydrogens is 222 g/mol. The second-order valence-corrected chi connectivity index (χ2v) is 6.27. The van der Waals surface area contributed by atoms with Crippen LogP contribution < -0.4 is 0 Å². The van der Waals surface area contributed by atoms with Gasteiger partial charge >= 0.3 is 0 Å². The smallest absolute Gasteiger partial charge is 0.0632 e. The van der Waals surface area contributed by atoms with E-state index < -0.39 is 5.60 Å². The Kier molecular flexibility index (Phi) is 4.08. The summed E-state index contributed by atoms with van der Waals surface area (Å²) in [6, 6.07) is 8.63. The zero-order valence-electron chi connectivity index (χ0n) is 11.8. The van der Waals surface area contributed by atoms with Gasteiger partial charge in [-0.15, -0.1) is 0 Å². The molecule has 2 nitrogen and oxygen atoms in total. The van der Waals surface area contributed by atoms with Crippen LogP contribution in [-0.2, 0) is 6.42 Å². The molecule has 0 atom stereocenters. The summed E-state index contributed by atoms with van der Waals surface area (Å²) in [6.07, 6.45) is 3.22. The Morgan fingerprint density at radius 2 is 1.83 bits per heavy atom. The second-order valence-electron chi connectivity index (χ2n) is 6.27. The van der Waals surface area contributed by atoms with Gasteiger partial charge in [0.15, 0.2) is 0 Å². The number of rotatable bonds is 3. The van der Waals surface area contributed by atoms with Gasteiger partial charge in [0, 0.05) is 6.42 Å². The van der Waals surface area contributed by atoms with Crippen molar-refractivity contribution in [2.24, 2.45) is 0 Å².